The largest absolute Gasteiger partial charge is 0.273 e. The van der Waals surface area contributed by atoms with Gasteiger partial charge in [0.15, 0.2) is 0 Å². The molecule has 1 heterocycles. The molecule has 1 atom stereocenters. The number of hydrogen-bond acceptors (Lipinski definition) is 2. The molecule has 1 aliphatic rings. The van der Waals surface area contributed by atoms with E-state index in [1.54, 1.807) is 16.4 Å². The second-order valence-electron chi connectivity index (χ2n) is 10.7. The van der Waals surface area contributed by atoms with E-state index in [2.05, 4.69) is 76.3 Å². The van der Waals surface area contributed by atoms with Crippen molar-refractivity contribution < 1.29 is 8.42 Å². The van der Waals surface area contributed by atoms with Crippen LogP contribution < -0.4 is 0 Å². The quantitative estimate of drug-likeness (QED) is 0.361. The average molecular weight is 468 g/mol. The zero-order valence-electron chi connectivity index (χ0n) is 20.3. The topological polar surface area (TPSA) is 37.4 Å². The Kier molecular flexibility index (Phi) is 7.20. The molecule has 0 radical (unpaired) electrons. The summed E-state index contributed by atoms with van der Waals surface area (Å²) in [6, 6.07) is 18.9. The lowest BCUT2D eigenvalue weighted by Gasteiger charge is -2.33. The van der Waals surface area contributed by atoms with Crippen molar-refractivity contribution in [2.24, 2.45) is 5.41 Å². The van der Waals surface area contributed by atoms with Crippen molar-refractivity contribution >= 4 is 18.1 Å². The van der Waals surface area contributed by atoms with Crippen LogP contribution >= 0.6 is 0 Å². The molecule has 0 fully saturated rings. The van der Waals surface area contributed by atoms with Gasteiger partial charge in [-0.15, -0.1) is 0 Å². The lowest BCUT2D eigenvalue weighted by Crippen LogP contribution is -2.36. The van der Waals surface area contributed by atoms with Crippen LogP contribution in [0.25, 0.3) is 0 Å². The lowest BCUT2D eigenvalue weighted by molar-refractivity contribution is 0.498. The Morgan fingerprint density at radius 2 is 1.66 bits per heavy atom. The summed E-state index contributed by atoms with van der Waals surface area (Å²) in [7, 11) is -5.35. The fourth-order valence-corrected chi connectivity index (χ4v) is 9.19. The number of benzene rings is 2. The minimum atomic E-state index is -3.56. The highest BCUT2D eigenvalue weighted by atomic mass is 32.2. The normalized spacial score (nSPS) is 19.2. The van der Waals surface area contributed by atoms with Crippen molar-refractivity contribution in [2.45, 2.75) is 63.7 Å². The third-order valence-corrected chi connectivity index (χ3v) is 11.4. The first-order valence-electron chi connectivity index (χ1n) is 11.4. The zero-order valence-corrected chi connectivity index (χ0v) is 22.1. The fourth-order valence-electron chi connectivity index (χ4n) is 4.53. The van der Waals surface area contributed by atoms with Crippen LogP contribution in [0, 0.1) is 12.3 Å². The molecule has 172 valence electrons. The Balaban J connectivity index is 1.98. The van der Waals surface area contributed by atoms with E-state index in [1.165, 1.54) is 11.1 Å². The molecule has 0 aliphatic carbocycles. The maximum Gasteiger partial charge on any atom is 0.263 e. The first-order chi connectivity index (χ1) is 14.9. The van der Waals surface area contributed by atoms with Crippen molar-refractivity contribution in [3.63, 3.8) is 0 Å². The molecule has 0 saturated carbocycles. The number of sulfonamides is 1. The van der Waals surface area contributed by atoms with Gasteiger partial charge in [0, 0.05) is 12.7 Å². The van der Waals surface area contributed by atoms with Gasteiger partial charge in [0.2, 0.25) is 0 Å². The standard InChI is InChI=1S/C27H37NO2SSi/c1-22-12-14-25(15-13-22)31(29,30)28-18-16-24(20-27(2,3)4)26(17-19-28)32(5,6)21-23-10-8-7-9-11-23/h7-15,17,19-20,26H,16,18,21H2,1-6H3/b24-20+. The van der Waals surface area contributed by atoms with Crippen LogP contribution in [-0.2, 0) is 16.1 Å². The molecule has 0 bridgehead atoms. The van der Waals surface area contributed by atoms with Gasteiger partial charge in [0.25, 0.3) is 10.0 Å². The molecule has 0 N–H and O–H groups in total. The van der Waals surface area contributed by atoms with Gasteiger partial charge >= 0.3 is 0 Å². The molecule has 0 amide bonds. The van der Waals surface area contributed by atoms with Crippen molar-refractivity contribution in [1.82, 2.24) is 4.31 Å². The Morgan fingerprint density at radius 3 is 2.25 bits per heavy atom. The minimum absolute atomic E-state index is 0.0453. The molecule has 0 saturated heterocycles. The van der Waals surface area contributed by atoms with E-state index in [1.807, 2.05) is 25.3 Å². The molecular formula is C27H37NO2SSi. The third kappa shape index (κ3) is 6.02. The summed E-state index contributed by atoms with van der Waals surface area (Å²) >= 11 is 0. The molecular weight excluding hydrogens is 430 g/mol. The van der Waals surface area contributed by atoms with Crippen molar-refractivity contribution in [3.05, 3.63) is 89.6 Å². The van der Waals surface area contributed by atoms with Gasteiger partial charge in [-0.3, -0.25) is 4.31 Å². The summed E-state index contributed by atoms with van der Waals surface area (Å²) in [5, 5.41) is 0. The van der Waals surface area contributed by atoms with Gasteiger partial charge in [-0.25, -0.2) is 8.42 Å². The Hall–Kier alpha value is -2.11. The molecule has 32 heavy (non-hydrogen) atoms. The van der Waals surface area contributed by atoms with E-state index in [4.69, 9.17) is 0 Å². The van der Waals surface area contributed by atoms with Gasteiger partial charge in [-0.1, -0.05) is 105 Å². The van der Waals surface area contributed by atoms with Crippen LogP contribution in [0.5, 0.6) is 0 Å². The van der Waals surface area contributed by atoms with Crippen molar-refractivity contribution in [2.75, 3.05) is 6.54 Å². The van der Waals surface area contributed by atoms with Crippen molar-refractivity contribution in [1.29, 1.82) is 0 Å². The van der Waals surface area contributed by atoms with E-state index >= 15 is 0 Å². The van der Waals surface area contributed by atoms with E-state index in [0.717, 1.165) is 18.0 Å². The summed E-state index contributed by atoms with van der Waals surface area (Å²) in [5.41, 5.74) is 4.13. The van der Waals surface area contributed by atoms with Gasteiger partial charge in [0.05, 0.1) is 13.0 Å². The van der Waals surface area contributed by atoms with Gasteiger partial charge in [0.1, 0.15) is 0 Å². The molecule has 1 aliphatic heterocycles. The van der Waals surface area contributed by atoms with E-state index in [-0.39, 0.29) is 5.41 Å². The van der Waals surface area contributed by atoms with Crippen LogP contribution in [0.1, 0.15) is 38.3 Å². The Bertz CT molecular complexity index is 1080. The van der Waals surface area contributed by atoms with Crippen molar-refractivity contribution in [3.8, 4) is 0 Å². The van der Waals surface area contributed by atoms with Gasteiger partial charge in [-0.05, 0) is 42.5 Å². The highest BCUT2D eigenvalue weighted by Crippen LogP contribution is 2.40. The van der Waals surface area contributed by atoms with Gasteiger partial charge < -0.3 is 0 Å². The molecule has 0 aromatic heterocycles. The Morgan fingerprint density at radius 1 is 1.03 bits per heavy atom. The lowest BCUT2D eigenvalue weighted by atomic mass is 9.91. The Labute approximate surface area is 195 Å². The molecule has 3 nitrogen and oxygen atoms in total. The maximum atomic E-state index is 13.4. The number of aryl methyl sites for hydroxylation is 1. The molecule has 3 rings (SSSR count). The second-order valence-corrected chi connectivity index (χ2v) is 17.6. The smallest absolute Gasteiger partial charge is 0.263 e. The minimum Gasteiger partial charge on any atom is -0.273 e. The second kappa shape index (κ2) is 9.40. The molecule has 5 heteroatoms. The predicted molar refractivity (Wildman–Crippen MR) is 138 cm³/mol. The first kappa shape index (κ1) is 24.5. The maximum absolute atomic E-state index is 13.4. The van der Waals surface area contributed by atoms with E-state index < -0.39 is 18.1 Å². The summed E-state index contributed by atoms with van der Waals surface area (Å²) in [6.07, 6.45) is 7.14. The molecule has 1 unspecified atom stereocenters. The summed E-state index contributed by atoms with van der Waals surface area (Å²) in [5.74, 6) is 0. The SMILES string of the molecule is Cc1ccc(S(=O)(=O)N2C=CC([Si](C)(C)Cc3ccccc3)/C(=C/C(C)(C)C)CC2)cc1. The van der Waals surface area contributed by atoms with E-state index in [0.29, 0.717) is 17.0 Å². The number of allylic oxidation sites excluding steroid dienone is 2. The van der Waals surface area contributed by atoms with Crippen LogP contribution in [0.2, 0.25) is 18.6 Å². The van der Waals surface area contributed by atoms with Crippen LogP contribution in [0.15, 0.2) is 83.4 Å². The molecule has 2 aromatic rings. The van der Waals surface area contributed by atoms with Crippen LogP contribution in [0.3, 0.4) is 0 Å². The van der Waals surface area contributed by atoms with E-state index in [9.17, 15) is 8.42 Å². The highest BCUT2D eigenvalue weighted by molar-refractivity contribution is 7.89. The monoisotopic (exact) mass is 467 g/mol. The first-order valence-corrected chi connectivity index (χ1v) is 16.1. The summed E-state index contributed by atoms with van der Waals surface area (Å²) in [6.45, 7) is 14.0. The summed E-state index contributed by atoms with van der Waals surface area (Å²) < 4.78 is 28.3. The van der Waals surface area contributed by atoms with Gasteiger partial charge in [-0.2, -0.15) is 0 Å². The van der Waals surface area contributed by atoms with Crippen LogP contribution in [0.4, 0.5) is 0 Å². The highest BCUT2D eigenvalue weighted by Gasteiger charge is 2.36. The number of hydrogen-bond donors (Lipinski definition) is 0. The third-order valence-electron chi connectivity index (χ3n) is 6.06. The summed E-state index contributed by atoms with van der Waals surface area (Å²) in [4.78, 5) is 0.355. The number of rotatable bonds is 5. The molecule has 0 spiro atoms. The predicted octanol–water partition coefficient (Wildman–Crippen LogP) is 6.74. The number of nitrogens with zero attached hydrogens (tertiary/aromatic N) is 1. The van der Waals surface area contributed by atoms with Crippen LogP contribution in [-0.4, -0.2) is 27.3 Å². The zero-order chi connectivity index (χ0) is 23.6. The molecule has 2 aromatic carbocycles. The fraction of sp³-hybridized carbons (Fsp3) is 0.407. The average Bonchev–Trinajstić information content (AvgIpc) is 2.91.